The second kappa shape index (κ2) is 7.05. The van der Waals surface area contributed by atoms with Gasteiger partial charge in [0.1, 0.15) is 5.54 Å². The zero-order chi connectivity index (χ0) is 19.7. The molecule has 7 nitrogen and oxygen atoms in total. The fourth-order valence-corrected chi connectivity index (χ4v) is 4.09. The Hall–Kier alpha value is -3.26. The largest absolute Gasteiger partial charge is 0.326 e. The molecule has 2 heterocycles. The van der Waals surface area contributed by atoms with Gasteiger partial charge in [-0.15, -0.1) is 11.3 Å². The Morgan fingerprint density at radius 2 is 2.00 bits per heavy atom. The number of aromatic nitrogens is 1. The number of imide groups is 1. The van der Waals surface area contributed by atoms with Crippen LogP contribution in [0, 0.1) is 0 Å². The lowest BCUT2D eigenvalue weighted by atomic mass is 9.92. The first-order chi connectivity index (χ1) is 13.4. The van der Waals surface area contributed by atoms with E-state index in [4.69, 9.17) is 0 Å². The van der Waals surface area contributed by atoms with Crippen molar-refractivity contribution in [3.05, 3.63) is 59.1 Å². The van der Waals surface area contributed by atoms with Crippen LogP contribution in [0.15, 0.2) is 48.5 Å². The van der Waals surface area contributed by atoms with E-state index in [2.05, 4.69) is 20.9 Å². The van der Waals surface area contributed by atoms with Crippen molar-refractivity contribution in [2.24, 2.45) is 0 Å². The highest BCUT2D eigenvalue weighted by atomic mass is 32.1. The van der Waals surface area contributed by atoms with Gasteiger partial charge in [0, 0.05) is 18.5 Å². The maximum Gasteiger partial charge on any atom is 0.322 e. The van der Waals surface area contributed by atoms with E-state index < -0.39 is 17.5 Å². The summed E-state index contributed by atoms with van der Waals surface area (Å²) in [6.45, 7) is 1.63. The van der Waals surface area contributed by atoms with E-state index in [0.717, 1.165) is 15.2 Å². The molecule has 3 aromatic rings. The number of benzene rings is 2. The number of nitrogens with zero attached hydrogens (tertiary/aromatic N) is 1. The minimum Gasteiger partial charge on any atom is -0.326 e. The van der Waals surface area contributed by atoms with Gasteiger partial charge in [-0.05, 0) is 36.8 Å². The summed E-state index contributed by atoms with van der Waals surface area (Å²) in [5, 5.41) is 8.62. The molecular weight excluding hydrogens is 376 g/mol. The highest BCUT2D eigenvalue weighted by molar-refractivity contribution is 7.18. The fourth-order valence-electron chi connectivity index (χ4n) is 3.13. The molecule has 142 valence electrons. The smallest absolute Gasteiger partial charge is 0.322 e. The first kappa shape index (κ1) is 18.1. The topological polar surface area (TPSA) is 100 Å². The van der Waals surface area contributed by atoms with Gasteiger partial charge < -0.3 is 10.6 Å². The van der Waals surface area contributed by atoms with Crippen molar-refractivity contribution >= 4 is 45.1 Å². The monoisotopic (exact) mass is 394 g/mol. The average Bonchev–Trinajstić information content (AvgIpc) is 3.20. The predicted octanol–water partition coefficient (Wildman–Crippen LogP) is 2.92. The number of nitrogens with one attached hydrogen (secondary N) is 3. The molecule has 28 heavy (non-hydrogen) atoms. The Morgan fingerprint density at radius 3 is 2.75 bits per heavy atom. The third-order valence-corrected chi connectivity index (χ3v) is 5.77. The Morgan fingerprint density at radius 1 is 1.18 bits per heavy atom. The molecule has 2 aromatic carbocycles. The van der Waals surface area contributed by atoms with Crippen molar-refractivity contribution in [3.8, 4) is 0 Å². The number of thiazole rings is 1. The molecule has 1 atom stereocenters. The number of hydrogen-bond donors (Lipinski definition) is 3. The molecule has 4 amide bonds. The van der Waals surface area contributed by atoms with Crippen LogP contribution in [-0.4, -0.2) is 22.8 Å². The third-order valence-electron chi connectivity index (χ3n) is 4.67. The van der Waals surface area contributed by atoms with E-state index in [9.17, 15) is 14.4 Å². The minimum absolute atomic E-state index is 0.138. The molecule has 0 unspecified atom stereocenters. The minimum atomic E-state index is -1.15. The number of fused-ring (bicyclic) bond motifs is 1. The van der Waals surface area contributed by atoms with Crippen LogP contribution in [0.25, 0.3) is 10.2 Å². The van der Waals surface area contributed by atoms with Gasteiger partial charge >= 0.3 is 6.03 Å². The number of anilines is 1. The van der Waals surface area contributed by atoms with Gasteiger partial charge in [0.25, 0.3) is 5.91 Å². The molecule has 0 aliphatic carbocycles. The van der Waals surface area contributed by atoms with Gasteiger partial charge in [-0.25, -0.2) is 9.78 Å². The van der Waals surface area contributed by atoms with Gasteiger partial charge in [-0.1, -0.05) is 24.3 Å². The summed E-state index contributed by atoms with van der Waals surface area (Å²) < 4.78 is 1.11. The number of carbonyl (C=O) groups is 3. The van der Waals surface area contributed by atoms with Crippen LogP contribution in [-0.2, 0) is 21.5 Å². The summed E-state index contributed by atoms with van der Waals surface area (Å²) in [6.07, 6.45) is 0.861. The number of aryl methyl sites for hydroxylation is 1. The average molecular weight is 394 g/mol. The molecule has 1 aromatic heterocycles. The molecule has 0 bridgehead atoms. The predicted molar refractivity (Wildman–Crippen MR) is 107 cm³/mol. The zero-order valence-electron chi connectivity index (χ0n) is 15.1. The van der Waals surface area contributed by atoms with Crippen molar-refractivity contribution in [2.45, 2.75) is 25.3 Å². The second-order valence-corrected chi connectivity index (χ2v) is 7.85. The highest BCUT2D eigenvalue weighted by Crippen LogP contribution is 2.27. The van der Waals surface area contributed by atoms with Crippen LogP contribution in [0.2, 0.25) is 0 Å². The summed E-state index contributed by atoms with van der Waals surface area (Å²) in [5.41, 5.74) is 0.960. The fraction of sp³-hybridized carbons (Fsp3) is 0.200. The molecule has 3 N–H and O–H groups in total. The Balaban J connectivity index is 1.42. The van der Waals surface area contributed by atoms with E-state index in [1.54, 1.807) is 42.5 Å². The Bertz CT molecular complexity index is 1060. The number of amides is 4. The summed E-state index contributed by atoms with van der Waals surface area (Å²) in [4.78, 5) is 40.4. The first-order valence-corrected chi connectivity index (χ1v) is 9.64. The number of para-hydroxylation sites is 1. The van der Waals surface area contributed by atoms with Crippen molar-refractivity contribution in [2.75, 3.05) is 5.32 Å². The first-order valence-electron chi connectivity index (χ1n) is 8.82. The Labute approximate surface area is 165 Å². The summed E-state index contributed by atoms with van der Waals surface area (Å²) in [5.74, 6) is -0.557. The van der Waals surface area contributed by atoms with Crippen molar-refractivity contribution in [1.82, 2.24) is 15.6 Å². The number of hydrogen-bond acceptors (Lipinski definition) is 5. The molecular formula is C20H18N4O3S. The van der Waals surface area contributed by atoms with Crippen LogP contribution < -0.4 is 16.0 Å². The number of urea groups is 1. The van der Waals surface area contributed by atoms with Crippen LogP contribution in [0.4, 0.5) is 10.5 Å². The maximum atomic E-state index is 12.3. The second-order valence-electron chi connectivity index (χ2n) is 6.74. The molecule has 0 spiro atoms. The van der Waals surface area contributed by atoms with E-state index in [1.165, 1.54) is 0 Å². The Kier molecular flexibility index (Phi) is 4.56. The van der Waals surface area contributed by atoms with E-state index in [0.29, 0.717) is 24.1 Å². The normalized spacial score (nSPS) is 18.8. The molecule has 0 saturated carbocycles. The maximum absolute atomic E-state index is 12.3. The third kappa shape index (κ3) is 3.46. The molecule has 1 fully saturated rings. The van der Waals surface area contributed by atoms with Crippen molar-refractivity contribution in [1.29, 1.82) is 0 Å². The molecule has 0 radical (unpaired) electrons. The summed E-state index contributed by atoms with van der Waals surface area (Å²) in [6, 6.07) is 14.3. The van der Waals surface area contributed by atoms with Gasteiger partial charge in [-0.3, -0.25) is 14.9 Å². The standard InChI is InChI=1S/C20H18N4O3S/c1-20(18(26)23-19(27)24-20)12-5-4-6-13(11-12)21-16(25)9-10-17-22-14-7-2-3-8-15(14)28-17/h2-8,11H,9-10H2,1H3,(H,21,25)(H2,23,24,26,27)/t20-/m1/s1. The van der Waals surface area contributed by atoms with E-state index >= 15 is 0 Å². The SMILES string of the molecule is C[C@]1(c2cccc(NC(=O)CCc3nc4ccccc4s3)c2)NC(=O)NC1=O. The van der Waals surface area contributed by atoms with Crippen LogP contribution in [0.5, 0.6) is 0 Å². The molecule has 4 rings (SSSR count). The van der Waals surface area contributed by atoms with Crippen LogP contribution in [0.3, 0.4) is 0 Å². The molecule has 1 aliphatic rings. The van der Waals surface area contributed by atoms with E-state index in [-0.39, 0.29) is 5.91 Å². The van der Waals surface area contributed by atoms with Crippen molar-refractivity contribution < 1.29 is 14.4 Å². The number of rotatable bonds is 5. The van der Waals surface area contributed by atoms with Gasteiger partial charge in [-0.2, -0.15) is 0 Å². The molecule has 8 heteroatoms. The van der Waals surface area contributed by atoms with Crippen LogP contribution >= 0.6 is 11.3 Å². The lowest BCUT2D eigenvalue weighted by Gasteiger charge is -2.21. The highest BCUT2D eigenvalue weighted by Gasteiger charge is 2.43. The van der Waals surface area contributed by atoms with Gasteiger partial charge in [0.05, 0.1) is 15.2 Å². The lowest BCUT2D eigenvalue weighted by molar-refractivity contribution is -0.123. The zero-order valence-corrected chi connectivity index (χ0v) is 15.9. The number of carbonyl (C=O) groups excluding carboxylic acids is 3. The molecule has 1 aliphatic heterocycles. The van der Waals surface area contributed by atoms with Gasteiger partial charge in [0.15, 0.2) is 0 Å². The van der Waals surface area contributed by atoms with Crippen LogP contribution in [0.1, 0.15) is 23.9 Å². The van der Waals surface area contributed by atoms with Crippen molar-refractivity contribution in [3.63, 3.8) is 0 Å². The van der Waals surface area contributed by atoms with Gasteiger partial charge in [0.2, 0.25) is 5.91 Å². The quantitative estimate of drug-likeness (QED) is 0.579. The lowest BCUT2D eigenvalue weighted by Crippen LogP contribution is -2.40. The van der Waals surface area contributed by atoms with E-state index in [1.807, 2.05) is 24.3 Å². The molecule has 1 saturated heterocycles. The summed E-state index contributed by atoms with van der Waals surface area (Å²) >= 11 is 1.59. The summed E-state index contributed by atoms with van der Waals surface area (Å²) in [7, 11) is 0.